The number of hydrogen-bond donors (Lipinski definition) is 2. The van der Waals surface area contributed by atoms with Gasteiger partial charge in [0.2, 0.25) is 5.91 Å². The summed E-state index contributed by atoms with van der Waals surface area (Å²) < 4.78 is 23.1. The lowest BCUT2D eigenvalue weighted by Gasteiger charge is -2.29. The number of carbonyl (C=O) groups excluding carboxylic acids is 1. The van der Waals surface area contributed by atoms with Gasteiger partial charge in [0.1, 0.15) is 13.2 Å². The first-order valence-electron chi connectivity index (χ1n) is 23.5. The zero-order valence-electron chi connectivity index (χ0n) is 37.8. The zero-order chi connectivity index (χ0) is 42.1. The molecule has 0 aromatic carbocycles. The fourth-order valence-electron chi connectivity index (χ4n) is 6.60. The van der Waals surface area contributed by atoms with Gasteiger partial charge in [0, 0.05) is 6.42 Å². The van der Waals surface area contributed by atoms with E-state index in [0.717, 1.165) is 44.9 Å². The fourth-order valence-corrected chi connectivity index (χ4v) is 7.32. The van der Waals surface area contributed by atoms with Crippen molar-refractivity contribution in [3.05, 3.63) is 48.6 Å². The van der Waals surface area contributed by atoms with Crippen LogP contribution in [0.25, 0.3) is 0 Å². The molecule has 334 valence electrons. The lowest BCUT2D eigenvalue weighted by molar-refractivity contribution is -0.870. The summed E-state index contributed by atoms with van der Waals surface area (Å²) in [5.74, 6) is -0.217. The molecule has 0 fully saturated rings. The summed E-state index contributed by atoms with van der Waals surface area (Å²) in [6.07, 6.45) is 50.7. The standard InChI is InChI=1S/C48H91N2O6P/c1-6-8-10-12-14-16-17-18-19-20-21-22-23-24-25-26-27-28-29-30-31-32-34-36-38-40-42-48(52)49-46(45-56-57(53,54)55-44-43-50(3,4)5)47(51)41-39-37-35-33-15-13-11-9-7-2/h7,9,15,24-25,33,39,41,46-47,51H,6,8,10-14,16-23,26-32,34-38,40,42-45H2,1-5H3,(H-,49,52,53,54)/b9-7+,25-24-,33-15+,41-39+. The second-order valence-corrected chi connectivity index (χ2v) is 18.5. The van der Waals surface area contributed by atoms with Crippen LogP contribution in [0.5, 0.6) is 0 Å². The van der Waals surface area contributed by atoms with E-state index in [-0.39, 0.29) is 12.5 Å². The number of rotatable bonds is 42. The van der Waals surface area contributed by atoms with E-state index >= 15 is 0 Å². The van der Waals surface area contributed by atoms with Crippen LogP contribution in [0.15, 0.2) is 48.6 Å². The Bertz CT molecular complexity index is 1070. The molecule has 0 spiro atoms. The lowest BCUT2D eigenvalue weighted by Crippen LogP contribution is -2.45. The highest BCUT2D eigenvalue weighted by atomic mass is 31.2. The van der Waals surface area contributed by atoms with Gasteiger partial charge in [-0.2, -0.15) is 0 Å². The molecule has 8 nitrogen and oxygen atoms in total. The molecule has 0 radical (unpaired) electrons. The van der Waals surface area contributed by atoms with Crippen LogP contribution in [0.2, 0.25) is 0 Å². The molecule has 0 aromatic rings. The third-order valence-corrected chi connectivity index (χ3v) is 11.3. The first-order valence-corrected chi connectivity index (χ1v) is 24.9. The predicted molar refractivity (Wildman–Crippen MR) is 242 cm³/mol. The Kier molecular flexibility index (Phi) is 38.8. The van der Waals surface area contributed by atoms with E-state index in [2.05, 4.69) is 42.6 Å². The van der Waals surface area contributed by atoms with E-state index in [4.69, 9.17) is 9.05 Å². The molecular formula is C48H91N2O6P. The average Bonchev–Trinajstić information content (AvgIpc) is 3.16. The Morgan fingerprint density at radius 1 is 0.632 bits per heavy atom. The molecule has 0 saturated carbocycles. The maximum Gasteiger partial charge on any atom is 0.268 e. The summed E-state index contributed by atoms with van der Waals surface area (Å²) in [4.78, 5) is 25.2. The van der Waals surface area contributed by atoms with Gasteiger partial charge in [0.15, 0.2) is 0 Å². The second-order valence-electron chi connectivity index (χ2n) is 17.1. The van der Waals surface area contributed by atoms with E-state index in [1.54, 1.807) is 6.08 Å². The number of unbranched alkanes of at least 4 members (excludes halogenated alkanes) is 24. The van der Waals surface area contributed by atoms with Crippen molar-refractivity contribution in [3.63, 3.8) is 0 Å². The first-order chi connectivity index (χ1) is 27.5. The summed E-state index contributed by atoms with van der Waals surface area (Å²) in [7, 11) is 1.23. The smallest absolute Gasteiger partial charge is 0.268 e. The van der Waals surface area contributed by atoms with Crippen LogP contribution >= 0.6 is 7.82 Å². The minimum Gasteiger partial charge on any atom is -0.756 e. The van der Waals surface area contributed by atoms with Gasteiger partial charge in [-0.1, -0.05) is 178 Å². The fraction of sp³-hybridized carbons (Fsp3) is 0.812. The van der Waals surface area contributed by atoms with Crippen molar-refractivity contribution in [2.24, 2.45) is 0 Å². The maximum absolute atomic E-state index is 12.8. The number of aliphatic hydroxyl groups excluding tert-OH is 1. The molecular weight excluding hydrogens is 732 g/mol. The van der Waals surface area contributed by atoms with Crippen molar-refractivity contribution in [2.45, 2.75) is 212 Å². The molecule has 0 bridgehead atoms. The summed E-state index contributed by atoms with van der Waals surface area (Å²) in [5.41, 5.74) is 0. The van der Waals surface area contributed by atoms with Gasteiger partial charge in [-0.25, -0.2) is 0 Å². The van der Waals surface area contributed by atoms with Gasteiger partial charge in [0.25, 0.3) is 7.82 Å². The number of carbonyl (C=O) groups is 1. The molecule has 0 saturated heterocycles. The largest absolute Gasteiger partial charge is 0.756 e. The maximum atomic E-state index is 12.8. The highest BCUT2D eigenvalue weighted by Crippen LogP contribution is 2.38. The number of aliphatic hydroxyl groups is 1. The summed E-state index contributed by atoms with van der Waals surface area (Å²) >= 11 is 0. The molecule has 0 aliphatic rings. The highest BCUT2D eigenvalue weighted by Gasteiger charge is 2.23. The number of phosphoric acid groups is 1. The Morgan fingerprint density at radius 2 is 1.05 bits per heavy atom. The molecule has 9 heteroatoms. The predicted octanol–water partition coefficient (Wildman–Crippen LogP) is 12.6. The molecule has 3 atom stereocenters. The van der Waals surface area contributed by atoms with Crippen molar-refractivity contribution in [2.75, 3.05) is 40.9 Å². The minimum absolute atomic E-state index is 0.0105. The van der Waals surface area contributed by atoms with Gasteiger partial charge >= 0.3 is 0 Å². The molecule has 0 aliphatic heterocycles. The normalized spacial score (nSPS) is 14.7. The van der Waals surface area contributed by atoms with Crippen LogP contribution in [0.1, 0.15) is 200 Å². The molecule has 0 aromatic heterocycles. The Labute approximate surface area is 352 Å². The number of nitrogens with zero attached hydrogens (tertiary/aromatic N) is 1. The van der Waals surface area contributed by atoms with Crippen molar-refractivity contribution < 1.29 is 32.9 Å². The quantitative estimate of drug-likeness (QED) is 0.0275. The topological polar surface area (TPSA) is 108 Å². The molecule has 57 heavy (non-hydrogen) atoms. The van der Waals surface area contributed by atoms with Gasteiger partial charge in [-0.05, 0) is 64.7 Å². The second kappa shape index (κ2) is 39.9. The zero-order valence-corrected chi connectivity index (χ0v) is 38.7. The number of likely N-dealkylation sites (N-methyl/N-ethyl adjacent to an activating group) is 1. The van der Waals surface area contributed by atoms with Crippen molar-refractivity contribution in [1.29, 1.82) is 0 Å². The minimum atomic E-state index is -4.59. The number of phosphoric ester groups is 1. The van der Waals surface area contributed by atoms with Crippen molar-refractivity contribution in [1.82, 2.24) is 5.32 Å². The van der Waals surface area contributed by atoms with Crippen LogP contribution in [0, 0.1) is 0 Å². The summed E-state index contributed by atoms with van der Waals surface area (Å²) in [6.45, 7) is 4.38. The molecule has 0 rings (SSSR count). The van der Waals surface area contributed by atoms with E-state index in [9.17, 15) is 19.4 Å². The van der Waals surface area contributed by atoms with Gasteiger partial charge in [-0.15, -0.1) is 0 Å². The number of allylic oxidation sites excluding steroid dienone is 7. The third kappa shape index (κ3) is 42.4. The van der Waals surface area contributed by atoms with Crippen LogP contribution in [-0.4, -0.2) is 68.5 Å². The Morgan fingerprint density at radius 3 is 1.53 bits per heavy atom. The molecule has 0 heterocycles. The van der Waals surface area contributed by atoms with Crippen LogP contribution < -0.4 is 10.2 Å². The van der Waals surface area contributed by atoms with Crippen molar-refractivity contribution in [3.8, 4) is 0 Å². The lowest BCUT2D eigenvalue weighted by atomic mass is 10.0. The monoisotopic (exact) mass is 823 g/mol. The van der Waals surface area contributed by atoms with Gasteiger partial charge in [-0.3, -0.25) is 9.36 Å². The molecule has 2 N–H and O–H groups in total. The highest BCUT2D eigenvalue weighted by molar-refractivity contribution is 7.45. The Balaban J connectivity index is 4.13. The number of hydrogen-bond acceptors (Lipinski definition) is 6. The van der Waals surface area contributed by atoms with E-state index in [1.165, 1.54) is 135 Å². The van der Waals surface area contributed by atoms with E-state index < -0.39 is 26.6 Å². The van der Waals surface area contributed by atoms with Crippen molar-refractivity contribution >= 4 is 13.7 Å². The average molecular weight is 823 g/mol. The molecule has 0 aliphatic carbocycles. The van der Waals surface area contributed by atoms with Gasteiger partial charge < -0.3 is 28.8 Å². The number of amides is 1. The number of nitrogens with one attached hydrogen (secondary N) is 1. The summed E-state index contributed by atoms with van der Waals surface area (Å²) in [5, 5.41) is 13.7. The van der Waals surface area contributed by atoms with Gasteiger partial charge in [0.05, 0.1) is 39.9 Å². The summed E-state index contributed by atoms with van der Waals surface area (Å²) in [6, 6.07) is -0.908. The molecule has 3 unspecified atom stereocenters. The van der Waals surface area contributed by atoms with E-state index in [0.29, 0.717) is 17.4 Å². The number of quaternary nitrogens is 1. The van der Waals surface area contributed by atoms with Crippen LogP contribution in [0.3, 0.4) is 0 Å². The van der Waals surface area contributed by atoms with E-state index in [1.807, 2.05) is 40.2 Å². The van der Waals surface area contributed by atoms with Crippen LogP contribution in [0.4, 0.5) is 0 Å². The first kappa shape index (κ1) is 55.5. The molecule has 1 amide bonds. The Hall–Kier alpha value is -1.54. The third-order valence-electron chi connectivity index (χ3n) is 10.3. The van der Waals surface area contributed by atoms with Crippen LogP contribution in [-0.2, 0) is 18.4 Å². The SMILES string of the molecule is C/C=C/CC/C=C/CC/C=C/C(O)C(COP(=O)([O-])OCC[N+](C)(C)C)NC(=O)CCCCCCCCCCCC/C=C\CCCCCCCCCCCCCC.